The summed E-state index contributed by atoms with van der Waals surface area (Å²) in [5.41, 5.74) is 0.390. The van der Waals surface area contributed by atoms with Crippen molar-refractivity contribution in [3.63, 3.8) is 0 Å². The third kappa shape index (κ3) is 4.09. The smallest absolute Gasteiger partial charge is 0.254 e. The molecule has 1 aliphatic rings. The summed E-state index contributed by atoms with van der Waals surface area (Å²) in [6, 6.07) is 3.16. The first-order chi connectivity index (χ1) is 11.3. The molecule has 0 unspecified atom stereocenters. The van der Waals surface area contributed by atoms with E-state index in [4.69, 9.17) is 19.3 Å². The predicted molar refractivity (Wildman–Crippen MR) is 88.1 cm³/mol. The Hall–Kier alpha value is -2.00. The number of primary sulfonamides is 1. The summed E-state index contributed by atoms with van der Waals surface area (Å²) in [6.07, 6.45) is 0.604. The molecule has 2 N–H and O–H groups in total. The van der Waals surface area contributed by atoms with Gasteiger partial charge < -0.3 is 19.1 Å². The Kier molecular flexibility index (Phi) is 5.55. The molecule has 1 atom stereocenters. The second kappa shape index (κ2) is 7.27. The number of likely N-dealkylation sites (tertiary alicyclic amines) is 1. The number of methoxy groups -OCH3 is 3. The molecular formula is C15H22N2O6S. The van der Waals surface area contributed by atoms with Gasteiger partial charge in [-0.2, -0.15) is 0 Å². The Morgan fingerprint density at radius 2 is 1.79 bits per heavy atom. The third-order valence-electron chi connectivity index (χ3n) is 3.95. The number of hydrogen-bond acceptors (Lipinski definition) is 6. The van der Waals surface area contributed by atoms with Gasteiger partial charge in [0.05, 0.1) is 27.1 Å². The third-order valence-corrected chi connectivity index (χ3v) is 4.89. The monoisotopic (exact) mass is 358 g/mol. The van der Waals surface area contributed by atoms with Gasteiger partial charge in [-0.15, -0.1) is 0 Å². The van der Waals surface area contributed by atoms with Crippen molar-refractivity contribution in [3.05, 3.63) is 17.7 Å². The zero-order valence-electron chi connectivity index (χ0n) is 13.9. The molecule has 1 saturated heterocycles. The normalized spacial score (nSPS) is 17.7. The maximum absolute atomic E-state index is 12.7. The molecule has 0 saturated carbocycles. The second-order valence-electron chi connectivity index (χ2n) is 5.65. The molecule has 9 heteroatoms. The van der Waals surface area contributed by atoms with E-state index in [2.05, 4.69) is 0 Å². The Labute approximate surface area is 141 Å². The zero-order valence-corrected chi connectivity index (χ0v) is 14.8. The number of hydrogen-bond donors (Lipinski definition) is 1. The molecule has 1 amide bonds. The van der Waals surface area contributed by atoms with Crippen LogP contribution >= 0.6 is 0 Å². The van der Waals surface area contributed by atoms with E-state index in [0.717, 1.165) is 0 Å². The molecule has 8 nitrogen and oxygen atoms in total. The molecule has 0 aromatic heterocycles. The number of nitrogens with two attached hydrogens (primary N) is 1. The summed E-state index contributed by atoms with van der Waals surface area (Å²) in [5.74, 6) is 0.703. The standard InChI is InChI=1S/C15H22N2O6S/c1-21-12-6-11(7-13(22-2)14(12)23-3)15(18)17-5-4-10(8-17)9-24(16,19)20/h6-7,10H,4-5,8-9H2,1-3H3,(H2,16,19,20)/t10-/m0/s1. The molecule has 0 aliphatic carbocycles. The summed E-state index contributed by atoms with van der Waals surface area (Å²) >= 11 is 0. The van der Waals surface area contributed by atoms with Crippen LogP contribution in [-0.4, -0.2) is 59.4 Å². The highest BCUT2D eigenvalue weighted by molar-refractivity contribution is 7.89. The lowest BCUT2D eigenvalue weighted by Gasteiger charge is -2.19. The highest BCUT2D eigenvalue weighted by Gasteiger charge is 2.30. The first-order valence-electron chi connectivity index (χ1n) is 7.38. The maximum Gasteiger partial charge on any atom is 0.254 e. The predicted octanol–water partition coefficient (Wildman–Crippen LogP) is 0.463. The zero-order chi connectivity index (χ0) is 17.9. The van der Waals surface area contributed by atoms with Crippen molar-refractivity contribution in [3.8, 4) is 17.2 Å². The van der Waals surface area contributed by atoms with E-state index in [9.17, 15) is 13.2 Å². The van der Waals surface area contributed by atoms with Gasteiger partial charge in [-0.3, -0.25) is 4.79 Å². The van der Waals surface area contributed by atoms with Gasteiger partial charge in [0, 0.05) is 18.7 Å². The number of amides is 1. The fourth-order valence-electron chi connectivity index (χ4n) is 2.87. The van der Waals surface area contributed by atoms with Gasteiger partial charge >= 0.3 is 0 Å². The molecule has 0 radical (unpaired) electrons. The minimum atomic E-state index is -3.55. The maximum atomic E-state index is 12.7. The van der Waals surface area contributed by atoms with Gasteiger partial charge in [-0.05, 0) is 24.5 Å². The van der Waals surface area contributed by atoms with E-state index in [1.807, 2.05) is 0 Å². The summed E-state index contributed by atoms with van der Waals surface area (Å²) < 4.78 is 38.1. The number of rotatable bonds is 6. The van der Waals surface area contributed by atoms with Crippen molar-refractivity contribution in [1.29, 1.82) is 0 Å². The lowest BCUT2D eigenvalue weighted by atomic mass is 10.1. The number of sulfonamides is 1. The molecule has 1 aromatic carbocycles. The van der Waals surface area contributed by atoms with Crippen LogP contribution in [0, 0.1) is 5.92 Å². The van der Waals surface area contributed by atoms with E-state index < -0.39 is 10.0 Å². The van der Waals surface area contributed by atoms with Gasteiger partial charge in [-0.1, -0.05) is 0 Å². The number of nitrogens with zero attached hydrogens (tertiary/aromatic N) is 1. The Morgan fingerprint density at radius 1 is 1.21 bits per heavy atom. The summed E-state index contributed by atoms with van der Waals surface area (Å²) in [7, 11) is 0.892. The molecule has 24 heavy (non-hydrogen) atoms. The highest BCUT2D eigenvalue weighted by atomic mass is 32.2. The lowest BCUT2D eigenvalue weighted by molar-refractivity contribution is 0.0787. The Balaban J connectivity index is 2.21. The van der Waals surface area contributed by atoms with Crippen molar-refractivity contribution in [1.82, 2.24) is 4.90 Å². The van der Waals surface area contributed by atoms with Gasteiger partial charge in [0.15, 0.2) is 11.5 Å². The average molecular weight is 358 g/mol. The molecule has 1 aliphatic heterocycles. The Morgan fingerprint density at radius 3 is 2.25 bits per heavy atom. The molecule has 1 heterocycles. The molecule has 0 bridgehead atoms. The number of carbonyl (C=O) groups is 1. The first kappa shape index (κ1) is 18.3. The molecule has 0 spiro atoms. The summed E-state index contributed by atoms with van der Waals surface area (Å²) in [6.45, 7) is 0.835. The number of carbonyl (C=O) groups excluding carboxylic acids is 1. The topological polar surface area (TPSA) is 108 Å². The quantitative estimate of drug-likeness (QED) is 0.792. The number of benzene rings is 1. The van der Waals surface area contributed by atoms with Crippen LogP contribution in [0.5, 0.6) is 17.2 Å². The largest absolute Gasteiger partial charge is 0.493 e. The first-order valence-corrected chi connectivity index (χ1v) is 9.10. The highest BCUT2D eigenvalue weighted by Crippen LogP contribution is 2.38. The molecule has 1 fully saturated rings. The van der Waals surface area contributed by atoms with Crippen LogP contribution in [0.4, 0.5) is 0 Å². The molecular weight excluding hydrogens is 336 g/mol. The van der Waals surface area contributed by atoms with Gasteiger partial charge in [0.25, 0.3) is 5.91 Å². The SMILES string of the molecule is COc1cc(C(=O)N2CC[C@H](CS(N)(=O)=O)C2)cc(OC)c1OC. The van der Waals surface area contributed by atoms with Gasteiger partial charge in [-0.25, -0.2) is 13.6 Å². The van der Waals surface area contributed by atoms with Crippen molar-refractivity contribution in [2.45, 2.75) is 6.42 Å². The van der Waals surface area contributed by atoms with Crippen LogP contribution in [0.15, 0.2) is 12.1 Å². The van der Waals surface area contributed by atoms with Gasteiger partial charge in [0.1, 0.15) is 0 Å². The summed E-state index contributed by atoms with van der Waals surface area (Å²) in [4.78, 5) is 14.3. The van der Waals surface area contributed by atoms with Crippen molar-refractivity contribution >= 4 is 15.9 Å². The summed E-state index contributed by atoms with van der Waals surface area (Å²) in [5, 5.41) is 5.08. The number of ether oxygens (including phenoxy) is 3. The van der Waals surface area contributed by atoms with Crippen LogP contribution < -0.4 is 19.3 Å². The fourth-order valence-corrected chi connectivity index (χ4v) is 3.80. The van der Waals surface area contributed by atoms with Crippen LogP contribution in [0.25, 0.3) is 0 Å². The minimum Gasteiger partial charge on any atom is -0.493 e. The van der Waals surface area contributed by atoms with Crippen molar-refractivity contribution < 1.29 is 27.4 Å². The second-order valence-corrected chi connectivity index (χ2v) is 7.31. The van der Waals surface area contributed by atoms with E-state index in [0.29, 0.717) is 42.3 Å². The average Bonchev–Trinajstić information content (AvgIpc) is 2.98. The van der Waals surface area contributed by atoms with E-state index in [-0.39, 0.29) is 17.6 Å². The van der Waals surface area contributed by atoms with Crippen LogP contribution in [0.2, 0.25) is 0 Å². The Bertz CT molecular complexity index is 694. The molecule has 1 aromatic rings. The molecule has 134 valence electrons. The van der Waals surface area contributed by atoms with Crippen LogP contribution in [0.3, 0.4) is 0 Å². The lowest BCUT2D eigenvalue weighted by Crippen LogP contribution is -2.30. The van der Waals surface area contributed by atoms with E-state index in [1.165, 1.54) is 21.3 Å². The molecule has 2 rings (SSSR count). The van der Waals surface area contributed by atoms with Crippen molar-refractivity contribution in [2.75, 3.05) is 40.2 Å². The van der Waals surface area contributed by atoms with Crippen LogP contribution in [0.1, 0.15) is 16.8 Å². The van der Waals surface area contributed by atoms with Crippen LogP contribution in [-0.2, 0) is 10.0 Å². The van der Waals surface area contributed by atoms with E-state index in [1.54, 1.807) is 17.0 Å². The minimum absolute atomic E-state index is 0.119. The van der Waals surface area contributed by atoms with Crippen molar-refractivity contribution in [2.24, 2.45) is 11.1 Å². The van der Waals surface area contributed by atoms with Gasteiger partial charge in [0.2, 0.25) is 15.8 Å². The van der Waals surface area contributed by atoms with E-state index >= 15 is 0 Å². The fraction of sp³-hybridized carbons (Fsp3) is 0.533.